The summed E-state index contributed by atoms with van der Waals surface area (Å²) in [5, 5.41) is 8.18. The van der Waals surface area contributed by atoms with Gasteiger partial charge < -0.3 is 10.2 Å². The standard InChI is InChI=1S/C16H28N4/c1-3-14-9-17-16(13-7-5-4-6-8-13)12-20(14)15-10-18-19(2)11-15/h10-11,13-14,16-17H,3-9,12H2,1-2H3. The van der Waals surface area contributed by atoms with E-state index in [9.17, 15) is 0 Å². The highest BCUT2D eigenvalue weighted by Gasteiger charge is 2.32. The van der Waals surface area contributed by atoms with Gasteiger partial charge in [-0.15, -0.1) is 0 Å². The van der Waals surface area contributed by atoms with Crippen LogP contribution in [0.3, 0.4) is 0 Å². The smallest absolute Gasteiger partial charge is 0.0755 e. The average Bonchev–Trinajstić information content (AvgIpc) is 2.94. The maximum atomic E-state index is 4.35. The summed E-state index contributed by atoms with van der Waals surface area (Å²) in [6.07, 6.45) is 12.5. The second kappa shape index (κ2) is 6.17. The maximum Gasteiger partial charge on any atom is 0.0755 e. The molecule has 0 radical (unpaired) electrons. The molecule has 20 heavy (non-hydrogen) atoms. The first-order valence-electron chi connectivity index (χ1n) is 8.26. The van der Waals surface area contributed by atoms with E-state index in [0.29, 0.717) is 12.1 Å². The van der Waals surface area contributed by atoms with Crippen LogP contribution in [-0.2, 0) is 7.05 Å². The van der Waals surface area contributed by atoms with Gasteiger partial charge in [0.1, 0.15) is 0 Å². The molecule has 4 heteroatoms. The first kappa shape index (κ1) is 13.9. The van der Waals surface area contributed by atoms with Gasteiger partial charge in [-0.2, -0.15) is 5.10 Å². The van der Waals surface area contributed by atoms with Crippen LogP contribution in [0.4, 0.5) is 5.69 Å². The van der Waals surface area contributed by atoms with Crippen molar-refractivity contribution in [2.75, 3.05) is 18.0 Å². The molecule has 1 N–H and O–H groups in total. The molecule has 0 bridgehead atoms. The van der Waals surface area contributed by atoms with Crippen LogP contribution >= 0.6 is 0 Å². The van der Waals surface area contributed by atoms with E-state index in [1.54, 1.807) is 0 Å². The molecule has 3 rings (SSSR count). The molecule has 0 amide bonds. The zero-order chi connectivity index (χ0) is 13.9. The number of aromatic nitrogens is 2. The van der Waals surface area contributed by atoms with E-state index in [0.717, 1.165) is 19.0 Å². The molecule has 2 atom stereocenters. The normalized spacial score (nSPS) is 28.8. The molecule has 4 nitrogen and oxygen atoms in total. The molecule has 2 heterocycles. The van der Waals surface area contributed by atoms with Crippen LogP contribution in [0, 0.1) is 5.92 Å². The fourth-order valence-electron chi connectivity index (χ4n) is 3.91. The van der Waals surface area contributed by atoms with E-state index in [-0.39, 0.29) is 0 Å². The summed E-state index contributed by atoms with van der Waals surface area (Å²) in [5.74, 6) is 0.876. The molecule has 1 aromatic rings. The fourth-order valence-corrected chi connectivity index (χ4v) is 3.91. The zero-order valence-electron chi connectivity index (χ0n) is 12.9. The van der Waals surface area contributed by atoms with Crippen molar-refractivity contribution in [1.29, 1.82) is 0 Å². The molecule has 1 aromatic heterocycles. The van der Waals surface area contributed by atoms with Crippen LogP contribution in [0.2, 0.25) is 0 Å². The second-order valence-corrected chi connectivity index (χ2v) is 6.50. The molecule has 1 saturated heterocycles. The number of aryl methyl sites for hydroxylation is 1. The Hall–Kier alpha value is -1.03. The maximum absolute atomic E-state index is 4.35. The molecule has 1 aliphatic carbocycles. The Bertz CT molecular complexity index is 422. The van der Waals surface area contributed by atoms with Gasteiger partial charge in [-0.1, -0.05) is 26.2 Å². The Kier molecular flexibility index (Phi) is 4.29. The van der Waals surface area contributed by atoms with Crippen molar-refractivity contribution in [2.24, 2.45) is 13.0 Å². The summed E-state index contributed by atoms with van der Waals surface area (Å²) in [6, 6.07) is 1.28. The Labute approximate surface area is 122 Å². The molecule has 0 spiro atoms. The summed E-state index contributed by atoms with van der Waals surface area (Å²) >= 11 is 0. The molecule has 112 valence electrons. The van der Waals surface area contributed by atoms with E-state index < -0.39 is 0 Å². The van der Waals surface area contributed by atoms with Crippen molar-refractivity contribution in [3.05, 3.63) is 12.4 Å². The van der Waals surface area contributed by atoms with Gasteiger partial charge in [-0.05, 0) is 25.2 Å². The van der Waals surface area contributed by atoms with Gasteiger partial charge in [0, 0.05) is 38.4 Å². The quantitative estimate of drug-likeness (QED) is 0.921. The van der Waals surface area contributed by atoms with E-state index >= 15 is 0 Å². The predicted octanol–water partition coefficient (Wildman–Crippen LogP) is 2.56. The Balaban J connectivity index is 1.71. The van der Waals surface area contributed by atoms with Gasteiger partial charge in [0.25, 0.3) is 0 Å². The number of rotatable bonds is 3. The van der Waals surface area contributed by atoms with E-state index in [2.05, 4.69) is 28.4 Å². The molecule has 2 fully saturated rings. The van der Waals surface area contributed by atoms with E-state index in [4.69, 9.17) is 0 Å². The largest absolute Gasteiger partial charge is 0.363 e. The lowest BCUT2D eigenvalue weighted by Crippen LogP contribution is -2.59. The number of hydrogen-bond acceptors (Lipinski definition) is 3. The summed E-state index contributed by atoms with van der Waals surface area (Å²) in [4.78, 5) is 2.59. The van der Waals surface area contributed by atoms with Crippen LogP contribution in [0.1, 0.15) is 45.4 Å². The highest BCUT2D eigenvalue weighted by atomic mass is 15.3. The highest BCUT2D eigenvalue weighted by Crippen LogP contribution is 2.30. The van der Waals surface area contributed by atoms with Crippen molar-refractivity contribution < 1.29 is 0 Å². The summed E-state index contributed by atoms with van der Waals surface area (Å²) < 4.78 is 1.92. The summed E-state index contributed by atoms with van der Waals surface area (Å²) in [5.41, 5.74) is 1.29. The van der Waals surface area contributed by atoms with E-state index in [1.165, 1.54) is 44.2 Å². The zero-order valence-corrected chi connectivity index (χ0v) is 12.9. The van der Waals surface area contributed by atoms with Gasteiger partial charge in [-0.25, -0.2) is 0 Å². The third-order valence-electron chi connectivity index (χ3n) is 5.16. The van der Waals surface area contributed by atoms with Crippen molar-refractivity contribution in [2.45, 2.75) is 57.5 Å². The minimum atomic E-state index is 0.610. The van der Waals surface area contributed by atoms with Crippen molar-refractivity contribution in [3.8, 4) is 0 Å². The lowest BCUT2D eigenvalue weighted by molar-refractivity contribution is 0.240. The van der Waals surface area contributed by atoms with E-state index in [1.807, 2.05) is 17.9 Å². The molecule has 0 aromatic carbocycles. The fraction of sp³-hybridized carbons (Fsp3) is 0.812. The number of nitrogens with zero attached hydrogens (tertiary/aromatic N) is 3. The summed E-state index contributed by atoms with van der Waals surface area (Å²) in [7, 11) is 2.01. The van der Waals surface area contributed by atoms with Gasteiger partial charge in [-0.3, -0.25) is 4.68 Å². The first-order chi connectivity index (χ1) is 9.78. The van der Waals surface area contributed by atoms with Gasteiger partial charge in [0.2, 0.25) is 0 Å². The number of piperazine rings is 1. The third-order valence-corrected chi connectivity index (χ3v) is 5.16. The molecule has 2 unspecified atom stereocenters. The Morgan fingerprint density at radius 1 is 1.30 bits per heavy atom. The summed E-state index contributed by atoms with van der Waals surface area (Å²) in [6.45, 7) is 4.55. The second-order valence-electron chi connectivity index (χ2n) is 6.50. The SMILES string of the molecule is CCC1CNC(C2CCCCC2)CN1c1cnn(C)c1. The molecular formula is C16H28N4. The van der Waals surface area contributed by atoms with Gasteiger partial charge in [0.15, 0.2) is 0 Å². The van der Waals surface area contributed by atoms with Crippen LogP contribution in [0.5, 0.6) is 0 Å². The highest BCUT2D eigenvalue weighted by molar-refractivity contribution is 5.44. The molecular weight excluding hydrogens is 248 g/mol. The monoisotopic (exact) mass is 276 g/mol. The van der Waals surface area contributed by atoms with Gasteiger partial charge in [0.05, 0.1) is 11.9 Å². The van der Waals surface area contributed by atoms with Crippen molar-refractivity contribution in [1.82, 2.24) is 15.1 Å². The lowest BCUT2D eigenvalue weighted by atomic mass is 9.82. The first-order valence-corrected chi connectivity index (χ1v) is 8.26. The third kappa shape index (κ3) is 2.85. The van der Waals surface area contributed by atoms with Crippen molar-refractivity contribution in [3.63, 3.8) is 0 Å². The molecule has 1 saturated carbocycles. The number of anilines is 1. The topological polar surface area (TPSA) is 33.1 Å². The van der Waals surface area contributed by atoms with Crippen LogP contribution < -0.4 is 10.2 Å². The molecule has 2 aliphatic rings. The van der Waals surface area contributed by atoms with Crippen molar-refractivity contribution >= 4 is 5.69 Å². The average molecular weight is 276 g/mol. The van der Waals surface area contributed by atoms with Gasteiger partial charge >= 0.3 is 0 Å². The van der Waals surface area contributed by atoms with Crippen LogP contribution in [-0.4, -0.2) is 35.0 Å². The molecule has 1 aliphatic heterocycles. The number of hydrogen-bond donors (Lipinski definition) is 1. The minimum absolute atomic E-state index is 0.610. The number of nitrogens with one attached hydrogen (secondary N) is 1. The Morgan fingerprint density at radius 2 is 2.10 bits per heavy atom. The van der Waals surface area contributed by atoms with Crippen LogP contribution in [0.25, 0.3) is 0 Å². The Morgan fingerprint density at radius 3 is 2.75 bits per heavy atom. The van der Waals surface area contributed by atoms with Crippen LogP contribution in [0.15, 0.2) is 12.4 Å². The minimum Gasteiger partial charge on any atom is -0.363 e. The predicted molar refractivity (Wildman–Crippen MR) is 83.0 cm³/mol. The lowest BCUT2D eigenvalue weighted by Gasteiger charge is -2.44.